The average molecular weight is 194 g/mol. The molecule has 0 saturated heterocycles. The van der Waals surface area contributed by atoms with Gasteiger partial charge in [-0.1, -0.05) is 0 Å². The quantitative estimate of drug-likeness (QED) is 0.638. The lowest BCUT2D eigenvalue weighted by molar-refractivity contribution is -0.137. The van der Waals surface area contributed by atoms with Crippen LogP contribution in [0.4, 0.5) is 13.2 Å². The summed E-state index contributed by atoms with van der Waals surface area (Å²) >= 11 is 0. The minimum atomic E-state index is -4.17. The Hall–Kier alpha value is -0.600. The first kappa shape index (κ1) is 9.49. The Labute approximate surface area is 69.5 Å². The van der Waals surface area contributed by atoms with Crippen molar-refractivity contribution in [2.75, 3.05) is 0 Å². The SMILES string of the molecule is FC(F)(F)c1cc2cc-2c1.OP. The molecule has 12 heavy (non-hydrogen) atoms. The van der Waals surface area contributed by atoms with Crippen molar-refractivity contribution < 1.29 is 18.1 Å². The normalized spacial score (nSPS) is 11.8. The van der Waals surface area contributed by atoms with Gasteiger partial charge in [-0.3, -0.25) is 0 Å². The molecule has 0 aromatic heterocycles. The molecule has 2 aliphatic rings. The summed E-state index contributed by atoms with van der Waals surface area (Å²) in [5.41, 5.74) is 0.930. The van der Waals surface area contributed by atoms with Crippen LogP contribution in [0.25, 0.3) is 11.1 Å². The minimum Gasteiger partial charge on any atom is -0.380 e. The molecule has 0 fully saturated rings. The second kappa shape index (κ2) is 3.04. The van der Waals surface area contributed by atoms with E-state index in [-0.39, 0.29) is 0 Å². The van der Waals surface area contributed by atoms with Crippen molar-refractivity contribution in [2.45, 2.75) is 6.18 Å². The molecule has 0 aliphatic heterocycles. The maximum atomic E-state index is 11.8. The van der Waals surface area contributed by atoms with E-state index in [0.29, 0.717) is 0 Å². The maximum absolute atomic E-state index is 11.8. The second-order valence-corrected chi connectivity index (χ2v) is 2.30. The fraction of sp³-hybridized carbons (Fsp3) is 0.143. The van der Waals surface area contributed by atoms with Gasteiger partial charge in [-0.15, -0.1) is 0 Å². The van der Waals surface area contributed by atoms with Gasteiger partial charge in [0.15, 0.2) is 0 Å². The molecule has 5 heteroatoms. The highest BCUT2D eigenvalue weighted by atomic mass is 31.0. The van der Waals surface area contributed by atoms with E-state index in [1.54, 1.807) is 6.07 Å². The largest absolute Gasteiger partial charge is 0.416 e. The molecule has 0 heterocycles. The summed E-state index contributed by atoms with van der Waals surface area (Å²) in [7, 11) is 1.42. The number of rotatable bonds is 0. The molecule has 1 unspecified atom stereocenters. The van der Waals surface area contributed by atoms with Gasteiger partial charge < -0.3 is 4.89 Å². The van der Waals surface area contributed by atoms with Crippen LogP contribution in [0.3, 0.4) is 0 Å². The first-order valence-electron chi connectivity index (χ1n) is 3.06. The Bertz CT molecular complexity index is 275. The number of hydrogen-bond acceptors (Lipinski definition) is 1. The highest BCUT2D eigenvalue weighted by Crippen LogP contribution is 2.42. The van der Waals surface area contributed by atoms with Gasteiger partial charge in [0.25, 0.3) is 0 Å². The predicted molar refractivity (Wildman–Crippen MR) is 42.4 cm³/mol. The molecule has 0 bridgehead atoms. The second-order valence-electron chi connectivity index (χ2n) is 2.30. The third-order valence-electron chi connectivity index (χ3n) is 1.51. The van der Waals surface area contributed by atoms with E-state index in [4.69, 9.17) is 4.89 Å². The molecule has 2 rings (SSSR count). The average Bonchev–Trinajstić information content (AvgIpc) is 2.61. The van der Waals surface area contributed by atoms with Crippen molar-refractivity contribution in [3.05, 3.63) is 23.8 Å². The molecule has 66 valence electrons. The van der Waals surface area contributed by atoms with Crippen LogP contribution >= 0.6 is 9.47 Å². The van der Waals surface area contributed by atoms with E-state index in [0.717, 1.165) is 23.3 Å². The van der Waals surface area contributed by atoms with Crippen LogP contribution in [0.15, 0.2) is 18.2 Å². The van der Waals surface area contributed by atoms with Gasteiger partial charge in [0.2, 0.25) is 0 Å². The first-order chi connectivity index (χ1) is 5.57. The summed E-state index contributed by atoms with van der Waals surface area (Å²) in [6.45, 7) is 0. The zero-order chi connectivity index (χ0) is 9.35. The summed E-state index contributed by atoms with van der Waals surface area (Å²) in [4.78, 5) is 6.92. The molecule has 1 atom stereocenters. The van der Waals surface area contributed by atoms with E-state index in [2.05, 4.69) is 0 Å². The van der Waals surface area contributed by atoms with Crippen molar-refractivity contribution in [1.29, 1.82) is 0 Å². The van der Waals surface area contributed by atoms with Crippen molar-refractivity contribution in [3.8, 4) is 11.1 Å². The molecule has 1 nitrogen and oxygen atoms in total. The van der Waals surface area contributed by atoms with E-state index in [1.165, 1.54) is 9.47 Å². The Morgan fingerprint density at radius 2 is 1.42 bits per heavy atom. The first-order valence-corrected chi connectivity index (χ1v) is 3.57. The van der Waals surface area contributed by atoms with E-state index in [1.807, 2.05) is 0 Å². The van der Waals surface area contributed by atoms with Crippen LogP contribution in [-0.2, 0) is 6.18 Å². The van der Waals surface area contributed by atoms with Gasteiger partial charge in [-0.05, 0) is 38.8 Å². The molecule has 0 aromatic rings. The van der Waals surface area contributed by atoms with E-state index < -0.39 is 11.7 Å². The lowest BCUT2D eigenvalue weighted by Gasteiger charge is -2.00. The predicted octanol–water partition coefficient (Wildman–Crippen LogP) is 2.45. The molecule has 0 saturated carbocycles. The van der Waals surface area contributed by atoms with Gasteiger partial charge in [-0.2, -0.15) is 13.2 Å². The van der Waals surface area contributed by atoms with Crippen LogP contribution in [0.2, 0.25) is 0 Å². The maximum Gasteiger partial charge on any atom is 0.416 e. The van der Waals surface area contributed by atoms with Gasteiger partial charge in [-0.25, -0.2) is 0 Å². The number of alkyl halides is 3. The highest BCUT2D eigenvalue weighted by Gasteiger charge is 2.34. The van der Waals surface area contributed by atoms with Crippen molar-refractivity contribution in [2.24, 2.45) is 0 Å². The lowest BCUT2D eigenvalue weighted by atomic mass is 10.3. The molecule has 0 radical (unpaired) electrons. The van der Waals surface area contributed by atoms with E-state index >= 15 is 0 Å². The Balaban J connectivity index is 0.000000336. The monoisotopic (exact) mass is 194 g/mol. The Morgan fingerprint density at radius 1 is 1.00 bits per heavy atom. The van der Waals surface area contributed by atoms with Crippen LogP contribution in [0.1, 0.15) is 5.56 Å². The molecule has 0 amide bonds. The lowest BCUT2D eigenvalue weighted by Crippen LogP contribution is -2.01. The smallest absolute Gasteiger partial charge is 0.380 e. The van der Waals surface area contributed by atoms with Crippen molar-refractivity contribution >= 4 is 9.47 Å². The number of halogens is 3. The minimum absolute atomic E-state index is 0.528. The third kappa shape index (κ3) is 1.76. The van der Waals surface area contributed by atoms with Crippen molar-refractivity contribution in [3.63, 3.8) is 0 Å². The molecule has 0 spiro atoms. The van der Waals surface area contributed by atoms with Crippen LogP contribution in [0, 0.1) is 0 Å². The summed E-state index contributed by atoms with van der Waals surface area (Å²) in [5, 5.41) is 0. The third-order valence-corrected chi connectivity index (χ3v) is 1.51. The van der Waals surface area contributed by atoms with Gasteiger partial charge >= 0.3 is 6.18 Å². The molecule has 0 aromatic carbocycles. The number of benzene rings is 1. The van der Waals surface area contributed by atoms with Crippen LogP contribution in [0.5, 0.6) is 0 Å². The Kier molecular flexibility index (Phi) is 2.40. The fourth-order valence-corrected chi connectivity index (χ4v) is 0.922. The van der Waals surface area contributed by atoms with Crippen LogP contribution < -0.4 is 0 Å². The zero-order valence-electron chi connectivity index (χ0n) is 5.89. The molecular weight excluding hydrogens is 188 g/mol. The van der Waals surface area contributed by atoms with Gasteiger partial charge in [0, 0.05) is 0 Å². The summed E-state index contributed by atoms with van der Waals surface area (Å²) < 4.78 is 35.4. The summed E-state index contributed by atoms with van der Waals surface area (Å²) in [6.07, 6.45) is -4.17. The summed E-state index contributed by atoms with van der Waals surface area (Å²) in [5.74, 6) is 0. The van der Waals surface area contributed by atoms with Gasteiger partial charge in [0.05, 0.1) is 5.56 Å². The Morgan fingerprint density at radius 3 is 1.67 bits per heavy atom. The highest BCUT2D eigenvalue weighted by molar-refractivity contribution is 7.08. The fourth-order valence-electron chi connectivity index (χ4n) is 0.922. The zero-order valence-corrected chi connectivity index (χ0v) is 7.05. The van der Waals surface area contributed by atoms with Crippen molar-refractivity contribution in [1.82, 2.24) is 0 Å². The molecule has 1 N–H and O–H groups in total. The number of hydrogen-bond donors (Lipinski definition) is 1. The standard InChI is InChI=1S/C7H3F3.H3OP/c8-7(9,10)6-2-4-1-5(4)3-6;1-2/h1-3H;1H,2H2. The molecular formula is C7H6F3OP. The number of fused-ring (bicyclic) bond motifs is 1. The van der Waals surface area contributed by atoms with Crippen LogP contribution in [-0.4, -0.2) is 4.89 Å². The molecule has 2 aliphatic carbocycles. The van der Waals surface area contributed by atoms with Gasteiger partial charge in [0.1, 0.15) is 0 Å². The summed E-state index contributed by atoms with van der Waals surface area (Å²) in [6, 6.07) is 4.04. The van der Waals surface area contributed by atoms with E-state index in [9.17, 15) is 13.2 Å². The topological polar surface area (TPSA) is 20.2 Å².